The van der Waals surface area contributed by atoms with Crippen LogP contribution in [0.3, 0.4) is 0 Å². The van der Waals surface area contributed by atoms with Crippen LogP contribution in [0.1, 0.15) is 23.4 Å². The molecule has 2 heterocycles. The van der Waals surface area contributed by atoms with E-state index in [1.807, 2.05) is 6.07 Å². The van der Waals surface area contributed by atoms with Crippen molar-refractivity contribution in [3.63, 3.8) is 0 Å². The zero-order chi connectivity index (χ0) is 15.0. The Morgan fingerprint density at radius 3 is 2.81 bits per heavy atom. The standard InChI is InChI=1S/C14H18N4O2S/c1-9-14(10(2)17-16-9)18-21(19,20)12-6-5-11-4-3-7-15-13(11)8-12/h5-6,8,15,18H,3-4,7H2,1-2H3,(H,16,17). The zero-order valence-corrected chi connectivity index (χ0v) is 12.8. The summed E-state index contributed by atoms with van der Waals surface area (Å²) in [5.74, 6) is 0. The number of nitrogens with zero attached hydrogens (tertiary/aromatic N) is 1. The first kappa shape index (κ1) is 13.9. The Morgan fingerprint density at radius 1 is 1.29 bits per heavy atom. The maximum atomic E-state index is 12.5. The second-order valence-electron chi connectivity index (χ2n) is 5.26. The molecule has 0 radical (unpaired) electrons. The molecule has 0 unspecified atom stereocenters. The van der Waals surface area contributed by atoms with Crippen molar-refractivity contribution < 1.29 is 8.42 Å². The predicted molar refractivity (Wildman–Crippen MR) is 82.1 cm³/mol. The number of rotatable bonds is 3. The molecule has 3 rings (SSSR count). The predicted octanol–water partition coefficient (Wildman–Crippen LogP) is 2.19. The minimum Gasteiger partial charge on any atom is -0.385 e. The number of sulfonamides is 1. The third kappa shape index (κ3) is 2.61. The van der Waals surface area contributed by atoms with E-state index in [9.17, 15) is 8.42 Å². The van der Waals surface area contributed by atoms with Crippen molar-refractivity contribution in [2.24, 2.45) is 0 Å². The second kappa shape index (κ2) is 5.07. The van der Waals surface area contributed by atoms with Crippen LogP contribution >= 0.6 is 0 Å². The third-order valence-electron chi connectivity index (χ3n) is 3.69. The van der Waals surface area contributed by atoms with Crippen LogP contribution in [0.25, 0.3) is 0 Å². The van der Waals surface area contributed by atoms with Gasteiger partial charge in [0.25, 0.3) is 10.0 Å². The molecule has 0 aliphatic carbocycles. The van der Waals surface area contributed by atoms with Gasteiger partial charge in [0.1, 0.15) is 0 Å². The van der Waals surface area contributed by atoms with Crippen LogP contribution in [-0.2, 0) is 16.4 Å². The molecule has 0 spiro atoms. The van der Waals surface area contributed by atoms with Crippen molar-refractivity contribution in [1.29, 1.82) is 0 Å². The zero-order valence-electron chi connectivity index (χ0n) is 12.0. The van der Waals surface area contributed by atoms with Crippen molar-refractivity contribution >= 4 is 21.4 Å². The Labute approximate surface area is 124 Å². The molecule has 0 atom stereocenters. The van der Waals surface area contributed by atoms with Crippen molar-refractivity contribution in [3.8, 4) is 0 Å². The quantitative estimate of drug-likeness (QED) is 0.811. The van der Waals surface area contributed by atoms with E-state index in [2.05, 4.69) is 20.2 Å². The number of nitrogens with one attached hydrogen (secondary N) is 3. The first-order valence-electron chi connectivity index (χ1n) is 6.88. The largest absolute Gasteiger partial charge is 0.385 e. The fourth-order valence-electron chi connectivity index (χ4n) is 2.50. The number of anilines is 2. The molecule has 112 valence electrons. The Kier molecular flexibility index (Phi) is 3.36. The molecule has 0 saturated carbocycles. The van der Waals surface area contributed by atoms with E-state index in [-0.39, 0.29) is 4.90 Å². The highest BCUT2D eigenvalue weighted by atomic mass is 32.2. The topological polar surface area (TPSA) is 86.9 Å². The maximum Gasteiger partial charge on any atom is 0.262 e. The number of aryl methyl sites for hydroxylation is 3. The van der Waals surface area contributed by atoms with Gasteiger partial charge in [0.05, 0.1) is 22.0 Å². The van der Waals surface area contributed by atoms with Gasteiger partial charge < -0.3 is 5.32 Å². The van der Waals surface area contributed by atoms with Gasteiger partial charge in [0.2, 0.25) is 0 Å². The lowest BCUT2D eigenvalue weighted by molar-refractivity contribution is 0.601. The van der Waals surface area contributed by atoms with Gasteiger partial charge in [0.15, 0.2) is 0 Å². The van der Waals surface area contributed by atoms with Gasteiger partial charge in [-0.25, -0.2) is 8.42 Å². The SMILES string of the molecule is Cc1n[nH]c(C)c1NS(=O)(=O)c1ccc2c(c1)NCCC2. The van der Waals surface area contributed by atoms with Gasteiger partial charge in [-0.2, -0.15) is 5.10 Å². The molecule has 0 amide bonds. The summed E-state index contributed by atoms with van der Waals surface area (Å²) < 4.78 is 27.6. The second-order valence-corrected chi connectivity index (χ2v) is 6.95. The molecule has 1 aliphatic heterocycles. The maximum absolute atomic E-state index is 12.5. The van der Waals surface area contributed by atoms with Crippen LogP contribution in [-0.4, -0.2) is 25.2 Å². The average Bonchev–Trinajstić information content (AvgIpc) is 2.78. The number of aromatic amines is 1. The molecule has 1 aromatic heterocycles. The first-order chi connectivity index (χ1) is 9.97. The van der Waals surface area contributed by atoms with Crippen LogP contribution in [0.15, 0.2) is 23.1 Å². The molecule has 6 nitrogen and oxygen atoms in total. The van der Waals surface area contributed by atoms with Crippen LogP contribution in [0.4, 0.5) is 11.4 Å². The fourth-order valence-corrected chi connectivity index (χ4v) is 3.71. The van der Waals surface area contributed by atoms with Gasteiger partial charge in [0, 0.05) is 12.2 Å². The Morgan fingerprint density at radius 2 is 2.10 bits per heavy atom. The minimum absolute atomic E-state index is 0.260. The molecule has 0 saturated heterocycles. The van der Waals surface area contributed by atoms with Crippen LogP contribution in [0.2, 0.25) is 0 Å². The van der Waals surface area contributed by atoms with E-state index in [0.717, 1.165) is 30.6 Å². The summed E-state index contributed by atoms with van der Waals surface area (Å²) in [4.78, 5) is 0.260. The summed E-state index contributed by atoms with van der Waals surface area (Å²) in [7, 11) is -3.61. The minimum atomic E-state index is -3.61. The number of aromatic nitrogens is 2. The smallest absolute Gasteiger partial charge is 0.262 e. The van der Waals surface area contributed by atoms with Gasteiger partial charge in [-0.05, 0) is 44.4 Å². The number of hydrogen-bond donors (Lipinski definition) is 3. The first-order valence-corrected chi connectivity index (χ1v) is 8.37. The highest BCUT2D eigenvalue weighted by Gasteiger charge is 2.20. The lowest BCUT2D eigenvalue weighted by atomic mass is 10.0. The summed E-state index contributed by atoms with van der Waals surface area (Å²) in [6, 6.07) is 5.23. The molecule has 21 heavy (non-hydrogen) atoms. The molecule has 1 aromatic carbocycles. The molecule has 0 fully saturated rings. The van der Waals surface area contributed by atoms with Gasteiger partial charge in [-0.1, -0.05) is 6.07 Å². The lowest BCUT2D eigenvalue weighted by Gasteiger charge is -2.19. The number of H-pyrrole nitrogens is 1. The number of hydrogen-bond acceptors (Lipinski definition) is 4. The van der Waals surface area contributed by atoms with Crippen LogP contribution in [0.5, 0.6) is 0 Å². The van der Waals surface area contributed by atoms with Crippen molar-refractivity contribution in [1.82, 2.24) is 10.2 Å². The van der Waals surface area contributed by atoms with Crippen LogP contribution < -0.4 is 10.0 Å². The molecule has 7 heteroatoms. The van der Waals surface area contributed by atoms with Gasteiger partial charge in [-0.3, -0.25) is 9.82 Å². The summed E-state index contributed by atoms with van der Waals surface area (Å²) >= 11 is 0. The van der Waals surface area contributed by atoms with E-state index in [1.54, 1.807) is 26.0 Å². The molecule has 2 aromatic rings. The molecule has 3 N–H and O–H groups in total. The Hall–Kier alpha value is -2.02. The summed E-state index contributed by atoms with van der Waals surface area (Å²) in [6.45, 7) is 4.42. The van der Waals surface area contributed by atoms with Gasteiger partial charge in [-0.15, -0.1) is 0 Å². The number of benzene rings is 1. The summed E-state index contributed by atoms with van der Waals surface area (Å²) in [6.07, 6.45) is 2.06. The van der Waals surface area contributed by atoms with Crippen molar-refractivity contribution in [2.75, 3.05) is 16.6 Å². The molecule has 0 bridgehead atoms. The molecular formula is C14H18N4O2S. The van der Waals surface area contributed by atoms with Crippen molar-refractivity contribution in [3.05, 3.63) is 35.2 Å². The van der Waals surface area contributed by atoms with E-state index >= 15 is 0 Å². The average molecular weight is 306 g/mol. The Bertz CT molecular complexity index is 761. The number of fused-ring (bicyclic) bond motifs is 1. The fraction of sp³-hybridized carbons (Fsp3) is 0.357. The molecule has 1 aliphatic rings. The highest BCUT2D eigenvalue weighted by molar-refractivity contribution is 7.92. The van der Waals surface area contributed by atoms with Gasteiger partial charge >= 0.3 is 0 Å². The monoisotopic (exact) mass is 306 g/mol. The molecular weight excluding hydrogens is 288 g/mol. The lowest BCUT2D eigenvalue weighted by Crippen LogP contribution is -2.16. The van der Waals surface area contributed by atoms with E-state index in [0.29, 0.717) is 17.1 Å². The van der Waals surface area contributed by atoms with E-state index in [1.165, 1.54) is 0 Å². The van der Waals surface area contributed by atoms with E-state index in [4.69, 9.17) is 0 Å². The van der Waals surface area contributed by atoms with Crippen LogP contribution in [0, 0.1) is 13.8 Å². The normalized spacial score (nSPS) is 14.4. The summed E-state index contributed by atoms with van der Waals surface area (Å²) in [5.41, 5.74) is 3.92. The highest BCUT2D eigenvalue weighted by Crippen LogP contribution is 2.27. The van der Waals surface area contributed by atoms with Crippen molar-refractivity contribution in [2.45, 2.75) is 31.6 Å². The third-order valence-corrected chi connectivity index (χ3v) is 5.04. The van der Waals surface area contributed by atoms with E-state index < -0.39 is 10.0 Å². The Balaban J connectivity index is 1.95. The summed E-state index contributed by atoms with van der Waals surface area (Å²) in [5, 5.41) is 10.0.